The smallest absolute Gasteiger partial charge is 0.352 e. The third kappa shape index (κ3) is 4.56. The normalized spacial score (nSPS) is 20.3. The van der Waals surface area contributed by atoms with Crippen LogP contribution >= 0.6 is 23.5 Å². The number of primary amides is 1. The highest BCUT2D eigenvalue weighted by atomic mass is 32.2. The number of aliphatic carboxylic acids is 1. The summed E-state index contributed by atoms with van der Waals surface area (Å²) in [6.07, 6.45) is 0. The van der Waals surface area contributed by atoms with Crippen molar-refractivity contribution in [3.63, 3.8) is 0 Å². The Morgan fingerprint density at radius 2 is 2.06 bits per heavy atom. The van der Waals surface area contributed by atoms with E-state index >= 15 is 0 Å². The molecule has 0 saturated carbocycles. The number of carbonyl (C=O) groups is 4. The van der Waals surface area contributed by atoms with Crippen LogP contribution in [-0.4, -0.2) is 76.9 Å². The molecule has 3 atom stereocenters. The van der Waals surface area contributed by atoms with Gasteiger partial charge in [-0.15, -0.1) is 16.9 Å². The molecule has 13 nitrogen and oxygen atoms in total. The molecule has 1 fully saturated rings. The molecular weight excluding hydrogens is 484 g/mol. The molecule has 4 amide bonds. The number of hydrogen-bond donors (Lipinski definition) is 4. The number of carbonyl (C=O) groups excluding carboxylic acids is 3. The molecule has 1 aromatic carbocycles. The number of carboxylic acid groups (broad SMARTS) is 1. The predicted molar refractivity (Wildman–Crippen MR) is 121 cm³/mol. The number of tetrazole rings is 1. The van der Waals surface area contributed by atoms with E-state index in [-0.39, 0.29) is 11.4 Å². The summed E-state index contributed by atoms with van der Waals surface area (Å²) < 4.78 is 1.47. The number of fused-ring (bicyclic) bond motifs is 1. The lowest BCUT2D eigenvalue weighted by atomic mass is 10.0. The van der Waals surface area contributed by atoms with Gasteiger partial charge in [0.15, 0.2) is 0 Å². The summed E-state index contributed by atoms with van der Waals surface area (Å²) in [5, 5.41) is 25.9. The van der Waals surface area contributed by atoms with Crippen LogP contribution in [0.5, 0.6) is 0 Å². The molecule has 2 aromatic rings. The highest BCUT2D eigenvalue weighted by Crippen LogP contribution is 2.41. The Balaban J connectivity index is 1.49. The average molecular weight is 505 g/mol. The van der Waals surface area contributed by atoms with Crippen molar-refractivity contribution >= 4 is 47.3 Å². The number of nitrogens with zero attached hydrogens (tertiary/aromatic N) is 5. The molecule has 2 aliphatic heterocycles. The van der Waals surface area contributed by atoms with Crippen molar-refractivity contribution < 1.29 is 24.3 Å². The van der Waals surface area contributed by atoms with Crippen molar-refractivity contribution in [2.24, 2.45) is 12.8 Å². The molecule has 178 valence electrons. The SMILES string of the molecule is Cn1nnnc1SCC1=C(C(=O)O)N2C(=O)C(NC(=O)C(NC(N)=O)c3ccccc3)[C@@H]2SC1. The molecule has 5 N–H and O–H groups in total. The van der Waals surface area contributed by atoms with Crippen LogP contribution in [0, 0.1) is 0 Å². The van der Waals surface area contributed by atoms with Gasteiger partial charge in [0.05, 0.1) is 0 Å². The van der Waals surface area contributed by atoms with Crippen molar-refractivity contribution in [2.45, 2.75) is 22.6 Å². The number of amides is 4. The molecule has 15 heteroatoms. The van der Waals surface area contributed by atoms with Gasteiger partial charge >= 0.3 is 12.0 Å². The number of nitrogens with one attached hydrogen (secondary N) is 2. The summed E-state index contributed by atoms with van der Waals surface area (Å²) in [4.78, 5) is 50.5. The van der Waals surface area contributed by atoms with Crippen LogP contribution in [0.2, 0.25) is 0 Å². The number of β-lactam (4-membered cyclic amide) rings is 1. The van der Waals surface area contributed by atoms with Crippen LogP contribution in [-0.2, 0) is 21.4 Å². The zero-order valence-corrected chi connectivity index (χ0v) is 19.4. The zero-order chi connectivity index (χ0) is 24.4. The summed E-state index contributed by atoms with van der Waals surface area (Å²) in [6.45, 7) is 0. The third-order valence-electron chi connectivity index (χ3n) is 5.19. The van der Waals surface area contributed by atoms with Gasteiger partial charge in [0, 0.05) is 18.6 Å². The van der Waals surface area contributed by atoms with E-state index in [1.165, 1.54) is 33.1 Å². The van der Waals surface area contributed by atoms with E-state index in [2.05, 4.69) is 26.2 Å². The third-order valence-corrected chi connectivity index (χ3v) is 7.62. The summed E-state index contributed by atoms with van der Waals surface area (Å²) in [6, 6.07) is 5.51. The highest BCUT2D eigenvalue weighted by Gasteiger charge is 2.54. The molecule has 34 heavy (non-hydrogen) atoms. The monoisotopic (exact) mass is 504 g/mol. The minimum atomic E-state index is -1.23. The number of hydrogen-bond acceptors (Lipinski definition) is 9. The van der Waals surface area contributed by atoms with Gasteiger partial charge < -0.3 is 21.5 Å². The lowest BCUT2D eigenvalue weighted by Crippen LogP contribution is -2.71. The Morgan fingerprint density at radius 1 is 1.32 bits per heavy atom. The number of aromatic nitrogens is 4. The largest absolute Gasteiger partial charge is 0.477 e. The summed E-state index contributed by atoms with van der Waals surface area (Å²) in [5.74, 6) is -1.76. The van der Waals surface area contributed by atoms with Crippen molar-refractivity contribution in [3.05, 3.63) is 47.2 Å². The number of nitrogens with two attached hydrogens (primary N) is 1. The van der Waals surface area contributed by atoms with Gasteiger partial charge in [-0.1, -0.05) is 42.1 Å². The molecule has 1 saturated heterocycles. The average Bonchev–Trinajstić information content (AvgIpc) is 3.23. The van der Waals surface area contributed by atoms with Crippen LogP contribution in [0.4, 0.5) is 4.79 Å². The number of rotatable bonds is 8. The first kappa shape index (κ1) is 23.6. The Kier molecular flexibility index (Phi) is 6.74. The fourth-order valence-electron chi connectivity index (χ4n) is 3.61. The molecule has 2 unspecified atom stereocenters. The van der Waals surface area contributed by atoms with E-state index in [4.69, 9.17) is 5.73 Å². The van der Waals surface area contributed by atoms with Gasteiger partial charge in [-0.2, -0.15) is 0 Å². The first-order chi connectivity index (χ1) is 16.3. The Bertz CT molecular complexity index is 1170. The van der Waals surface area contributed by atoms with E-state index < -0.39 is 41.3 Å². The molecule has 1 aromatic heterocycles. The van der Waals surface area contributed by atoms with Gasteiger partial charge in [-0.3, -0.25) is 14.5 Å². The summed E-state index contributed by atoms with van der Waals surface area (Å²) in [5.41, 5.74) is 6.16. The minimum absolute atomic E-state index is 0.100. The van der Waals surface area contributed by atoms with Gasteiger partial charge in [-0.25, -0.2) is 14.3 Å². The van der Waals surface area contributed by atoms with Crippen LogP contribution in [0.1, 0.15) is 11.6 Å². The van der Waals surface area contributed by atoms with Crippen LogP contribution < -0.4 is 16.4 Å². The molecule has 0 bridgehead atoms. The topological polar surface area (TPSA) is 185 Å². The van der Waals surface area contributed by atoms with Crippen LogP contribution in [0.15, 0.2) is 46.8 Å². The molecular formula is C19H20N8O5S2. The minimum Gasteiger partial charge on any atom is -0.477 e. The maximum absolute atomic E-state index is 12.9. The number of aryl methyl sites for hydroxylation is 1. The van der Waals surface area contributed by atoms with Gasteiger partial charge in [0.25, 0.3) is 5.91 Å². The van der Waals surface area contributed by atoms with Gasteiger partial charge in [0.2, 0.25) is 11.1 Å². The Labute approximate surface area is 201 Å². The predicted octanol–water partition coefficient (Wildman–Crippen LogP) is -0.550. The molecule has 2 aliphatic rings. The van der Waals surface area contributed by atoms with Crippen molar-refractivity contribution in [2.75, 3.05) is 11.5 Å². The zero-order valence-electron chi connectivity index (χ0n) is 17.7. The molecule has 4 rings (SSSR count). The van der Waals surface area contributed by atoms with Gasteiger partial charge in [0.1, 0.15) is 23.2 Å². The number of carboxylic acids is 1. The second-order valence-corrected chi connectivity index (χ2v) is 9.43. The van der Waals surface area contributed by atoms with Gasteiger partial charge in [-0.05, 0) is 21.6 Å². The summed E-state index contributed by atoms with van der Waals surface area (Å²) in [7, 11) is 1.67. The fourth-order valence-corrected chi connectivity index (χ4v) is 5.95. The first-order valence-electron chi connectivity index (χ1n) is 9.94. The Hall–Kier alpha value is -3.59. The highest BCUT2D eigenvalue weighted by molar-refractivity contribution is 8.01. The second-order valence-electron chi connectivity index (χ2n) is 7.38. The molecule has 3 heterocycles. The van der Waals surface area contributed by atoms with E-state index in [1.54, 1.807) is 37.4 Å². The van der Waals surface area contributed by atoms with Crippen molar-refractivity contribution in [1.29, 1.82) is 0 Å². The number of urea groups is 1. The lowest BCUT2D eigenvalue weighted by molar-refractivity contribution is -0.150. The van der Waals surface area contributed by atoms with Crippen molar-refractivity contribution in [1.82, 2.24) is 35.7 Å². The number of benzene rings is 1. The van der Waals surface area contributed by atoms with E-state index in [1.807, 2.05) is 0 Å². The lowest BCUT2D eigenvalue weighted by Gasteiger charge is -2.49. The standard InChI is InChI=1S/C19H20N8O5S2/c1-26-19(23-24-25-26)34-8-10-7-33-16-12(15(29)27(16)13(10)17(30)31)21-14(28)11(22-18(20)32)9-5-3-2-4-6-9/h2-6,11-12,16H,7-8H2,1H3,(H,21,28)(H,30,31)(H3,20,22,32)/t11?,12?,16-/m0/s1. The molecule has 0 aliphatic carbocycles. The fraction of sp³-hybridized carbons (Fsp3) is 0.316. The van der Waals surface area contributed by atoms with E-state index in [0.29, 0.717) is 22.0 Å². The molecule has 0 radical (unpaired) electrons. The second kappa shape index (κ2) is 9.72. The van der Waals surface area contributed by atoms with E-state index in [0.717, 1.165) is 0 Å². The van der Waals surface area contributed by atoms with E-state index in [9.17, 15) is 24.3 Å². The maximum atomic E-state index is 12.9. The molecule has 0 spiro atoms. The Morgan fingerprint density at radius 3 is 2.68 bits per heavy atom. The number of thioether (sulfide) groups is 2. The maximum Gasteiger partial charge on any atom is 0.352 e. The summed E-state index contributed by atoms with van der Waals surface area (Å²) >= 11 is 2.61. The quantitative estimate of drug-likeness (QED) is 0.268. The van der Waals surface area contributed by atoms with Crippen LogP contribution in [0.25, 0.3) is 0 Å². The first-order valence-corrected chi connectivity index (χ1v) is 12.0. The van der Waals surface area contributed by atoms with Crippen molar-refractivity contribution in [3.8, 4) is 0 Å². The van der Waals surface area contributed by atoms with Crippen LogP contribution in [0.3, 0.4) is 0 Å².